The summed E-state index contributed by atoms with van der Waals surface area (Å²) >= 11 is 0. The number of hydrogen-bond acceptors (Lipinski definition) is 8. The smallest absolute Gasteiger partial charge is 0.234 e. The third kappa shape index (κ3) is 5.53. The second-order valence-corrected chi connectivity index (χ2v) is 7.33. The molecule has 0 radical (unpaired) electrons. The van der Waals surface area contributed by atoms with Crippen LogP contribution in [0.3, 0.4) is 0 Å². The van der Waals surface area contributed by atoms with Crippen LogP contribution in [0, 0.1) is 11.8 Å². The van der Waals surface area contributed by atoms with Gasteiger partial charge in [-0.2, -0.15) is 0 Å². The van der Waals surface area contributed by atoms with Gasteiger partial charge in [0.05, 0.1) is 42.7 Å². The van der Waals surface area contributed by atoms with E-state index in [1.165, 1.54) is 60.9 Å². The van der Waals surface area contributed by atoms with Gasteiger partial charge in [-0.15, -0.1) is 0 Å². The van der Waals surface area contributed by atoms with Crippen LogP contribution in [0.1, 0.15) is 31.8 Å². The van der Waals surface area contributed by atoms with Gasteiger partial charge >= 0.3 is 0 Å². The predicted molar refractivity (Wildman–Crippen MR) is 133 cm³/mol. The molecule has 3 aromatic carbocycles. The topological polar surface area (TPSA) is 89.5 Å². The van der Waals surface area contributed by atoms with E-state index in [1.54, 1.807) is 30.3 Å². The van der Waals surface area contributed by atoms with Crippen LogP contribution in [0.5, 0.6) is 34.5 Å². The zero-order valence-electron chi connectivity index (χ0n) is 20.9. The second-order valence-electron chi connectivity index (χ2n) is 7.33. The number of carbonyl (C=O) groups excluding carboxylic acids is 2. The molecule has 8 nitrogen and oxygen atoms in total. The van der Waals surface area contributed by atoms with Crippen molar-refractivity contribution >= 4 is 11.6 Å². The Kier molecular flexibility index (Phi) is 8.42. The van der Waals surface area contributed by atoms with Gasteiger partial charge in [-0.3, -0.25) is 9.59 Å². The molecule has 0 bridgehead atoms. The molecule has 0 unspecified atom stereocenters. The molecule has 0 heterocycles. The Labute approximate surface area is 209 Å². The third-order valence-electron chi connectivity index (χ3n) is 5.31. The lowest BCUT2D eigenvalue weighted by Crippen LogP contribution is -2.16. The van der Waals surface area contributed by atoms with Crippen LogP contribution >= 0.6 is 0 Å². The van der Waals surface area contributed by atoms with Gasteiger partial charge in [0.15, 0.2) is 23.0 Å². The lowest BCUT2D eigenvalue weighted by atomic mass is 9.96. The van der Waals surface area contributed by atoms with Crippen molar-refractivity contribution < 1.29 is 38.0 Å². The Balaban J connectivity index is 2.11. The maximum Gasteiger partial charge on any atom is 0.234 e. The molecule has 0 atom stereocenters. The first-order valence-electron chi connectivity index (χ1n) is 10.7. The molecule has 0 aliphatic heterocycles. The van der Waals surface area contributed by atoms with E-state index in [9.17, 15) is 9.59 Å². The Morgan fingerprint density at radius 1 is 0.556 bits per heavy atom. The SMILES string of the molecule is COc1cc(C#Cc2cc(OC)c(OC)cc2C(=O)C(=O)c2ccc(OC)c(OC)c2)cc(OC)c1. The van der Waals surface area contributed by atoms with Crippen molar-refractivity contribution in [3.8, 4) is 46.3 Å². The molecule has 0 saturated heterocycles. The predicted octanol–water partition coefficient (Wildman–Crippen LogP) is 4.20. The maximum absolute atomic E-state index is 13.4. The van der Waals surface area contributed by atoms with Gasteiger partial charge in [0.25, 0.3) is 0 Å². The highest BCUT2D eigenvalue weighted by molar-refractivity contribution is 6.49. The second kappa shape index (κ2) is 11.7. The van der Waals surface area contributed by atoms with Crippen molar-refractivity contribution in [2.45, 2.75) is 0 Å². The molecular weight excluding hydrogens is 464 g/mol. The lowest BCUT2D eigenvalue weighted by Gasteiger charge is -2.12. The van der Waals surface area contributed by atoms with E-state index < -0.39 is 11.6 Å². The molecule has 186 valence electrons. The van der Waals surface area contributed by atoms with Crippen molar-refractivity contribution in [2.24, 2.45) is 0 Å². The highest BCUT2D eigenvalue weighted by Crippen LogP contribution is 2.32. The zero-order chi connectivity index (χ0) is 26.2. The van der Waals surface area contributed by atoms with Crippen LogP contribution < -0.4 is 28.4 Å². The Morgan fingerprint density at radius 2 is 1.11 bits per heavy atom. The largest absolute Gasteiger partial charge is 0.497 e. The molecule has 0 spiro atoms. The van der Waals surface area contributed by atoms with Crippen LogP contribution in [0.25, 0.3) is 0 Å². The number of Topliss-reactive ketones (excluding diaryl/α,β-unsaturated/α-hetero) is 2. The van der Waals surface area contributed by atoms with E-state index in [1.807, 2.05) is 0 Å². The monoisotopic (exact) mass is 490 g/mol. The van der Waals surface area contributed by atoms with Gasteiger partial charge in [0, 0.05) is 34.4 Å². The summed E-state index contributed by atoms with van der Waals surface area (Å²) in [6.07, 6.45) is 0. The Hall–Kier alpha value is -4.64. The van der Waals surface area contributed by atoms with Gasteiger partial charge in [0.1, 0.15) is 11.5 Å². The Morgan fingerprint density at radius 3 is 1.67 bits per heavy atom. The normalized spacial score (nSPS) is 9.94. The fraction of sp³-hybridized carbons (Fsp3) is 0.214. The van der Waals surface area contributed by atoms with E-state index in [0.29, 0.717) is 34.3 Å². The summed E-state index contributed by atoms with van der Waals surface area (Å²) < 4.78 is 31.8. The summed E-state index contributed by atoms with van der Waals surface area (Å²) in [4.78, 5) is 26.5. The van der Waals surface area contributed by atoms with Gasteiger partial charge in [-0.25, -0.2) is 0 Å². The first-order valence-corrected chi connectivity index (χ1v) is 10.7. The molecule has 0 aliphatic rings. The fourth-order valence-corrected chi connectivity index (χ4v) is 3.42. The molecule has 3 aromatic rings. The summed E-state index contributed by atoms with van der Waals surface area (Å²) in [6.45, 7) is 0. The number of methoxy groups -OCH3 is 6. The summed E-state index contributed by atoms with van der Waals surface area (Å²) in [5.74, 6) is 7.00. The minimum atomic E-state index is -0.768. The molecule has 0 fully saturated rings. The summed E-state index contributed by atoms with van der Waals surface area (Å²) in [7, 11) is 8.92. The number of benzene rings is 3. The molecule has 3 rings (SSSR count). The summed E-state index contributed by atoms with van der Waals surface area (Å²) in [6, 6.07) is 12.7. The van der Waals surface area contributed by atoms with Gasteiger partial charge in [0.2, 0.25) is 11.6 Å². The highest BCUT2D eigenvalue weighted by Gasteiger charge is 2.24. The number of ketones is 2. The van der Waals surface area contributed by atoms with E-state index >= 15 is 0 Å². The lowest BCUT2D eigenvalue weighted by molar-refractivity contribution is 0.0816. The summed E-state index contributed by atoms with van der Waals surface area (Å²) in [5, 5.41) is 0. The molecule has 0 aromatic heterocycles. The van der Waals surface area contributed by atoms with Crippen LogP contribution in [-0.4, -0.2) is 54.2 Å². The van der Waals surface area contributed by atoms with Crippen LogP contribution in [0.4, 0.5) is 0 Å². The molecule has 0 saturated carbocycles. The van der Waals surface area contributed by atoms with E-state index in [0.717, 1.165) is 0 Å². The van der Waals surface area contributed by atoms with Gasteiger partial charge < -0.3 is 28.4 Å². The average molecular weight is 491 g/mol. The maximum atomic E-state index is 13.4. The minimum Gasteiger partial charge on any atom is -0.497 e. The van der Waals surface area contributed by atoms with Crippen LogP contribution in [0.2, 0.25) is 0 Å². The number of ether oxygens (including phenoxy) is 6. The molecule has 0 aliphatic carbocycles. The van der Waals surface area contributed by atoms with E-state index in [4.69, 9.17) is 28.4 Å². The minimum absolute atomic E-state index is 0.0646. The molecule has 0 N–H and O–H groups in total. The van der Waals surface area contributed by atoms with Crippen molar-refractivity contribution in [1.82, 2.24) is 0 Å². The average Bonchev–Trinajstić information content (AvgIpc) is 2.93. The molecule has 8 heteroatoms. The highest BCUT2D eigenvalue weighted by atomic mass is 16.5. The van der Waals surface area contributed by atoms with Crippen molar-refractivity contribution in [3.05, 3.63) is 70.8 Å². The fourth-order valence-electron chi connectivity index (χ4n) is 3.42. The van der Waals surface area contributed by atoms with E-state index in [2.05, 4.69) is 11.8 Å². The van der Waals surface area contributed by atoms with Gasteiger partial charge in [-0.1, -0.05) is 11.8 Å². The van der Waals surface area contributed by atoms with E-state index in [-0.39, 0.29) is 22.4 Å². The molecular formula is C28H26O8. The van der Waals surface area contributed by atoms with Gasteiger partial charge in [-0.05, 0) is 36.4 Å². The van der Waals surface area contributed by atoms with Crippen molar-refractivity contribution in [3.63, 3.8) is 0 Å². The first-order chi connectivity index (χ1) is 17.4. The van der Waals surface area contributed by atoms with Crippen LogP contribution in [-0.2, 0) is 0 Å². The quantitative estimate of drug-likeness (QED) is 0.250. The Bertz CT molecular complexity index is 1330. The summed E-state index contributed by atoms with van der Waals surface area (Å²) in [5.41, 5.74) is 1.08. The van der Waals surface area contributed by atoms with Crippen molar-refractivity contribution in [2.75, 3.05) is 42.7 Å². The number of rotatable bonds is 9. The third-order valence-corrected chi connectivity index (χ3v) is 5.31. The molecule has 0 amide bonds. The zero-order valence-corrected chi connectivity index (χ0v) is 20.9. The van der Waals surface area contributed by atoms with Crippen molar-refractivity contribution in [1.29, 1.82) is 0 Å². The number of carbonyl (C=O) groups is 2. The van der Waals surface area contributed by atoms with Crippen LogP contribution in [0.15, 0.2) is 48.5 Å². The molecule has 36 heavy (non-hydrogen) atoms. The standard InChI is InChI=1S/C28H26O8/c1-31-20-11-17(12-21(15-20)32-2)7-8-18-13-25(35-5)26(36-6)16-22(18)28(30)27(29)19-9-10-23(33-3)24(14-19)34-4/h9-16H,1-6H3. The number of hydrogen-bond donors (Lipinski definition) is 0. The first kappa shape index (κ1) is 26.0.